The second-order valence-electron chi connectivity index (χ2n) is 6.39. The first-order valence-corrected chi connectivity index (χ1v) is 8.28. The minimum absolute atomic E-state index is 0.334. The van der Waals surface area contributed by atoms with E-state index < -0.39 is 0 Å². The summed E-state index contributed by atoms with van der Waals surface area (Å²) in [6, 6.07) is 22.0. The highest BCUT2D eigenvalue weighted by Crippen LogP contribution is 2.31. The van der Waals surface area contributed by atoms with Crippen molar-refractivity contribution in [3.05, 3.63) is 71.8 Å². The third-order valence-electron chi connectivity index (χ3n) is 4.75. The van der Waals surface area contributed by atoms with Crippen molar-refractivity contribution >= 4 is 0 Å². The van der Waals surface area contributed by atoms with Gasteiger partial charge in [-0.1, -0.05) is 60.7 Å². The van der Waals surface area contributed by atoms with Gasteiger partial charge in [-0.3, -0.25) is 4.90 Å². The number of hydrogen-bond donors (Lipinski definition) is 1. The van der Waals surface area contributed by atoms with Crippen LogP contribution in [0.2, 0.25) is 0 Å². The number of rotatable bonds is 6. The topological polar surface area (TPSA) is 23.5 Å². The Morgan fingerprint density at radius 1 is 0.818 bits per heavy atom. The Balaban J connectivity index is 1.73. The maximum atomic E-state index is 9.43. The minimum atomic E-state index is 0.334. The molecule has 2 atom stereocenters. The summed E-state index contributed by atoms with van der Waals surface area (Å²) in [4.78, 5) is 2.58. The van der Waals surface area contributed by atoms with E-state index in [1.54, 1.807) is 0 Å². The van der Waals surface area contributed by atoms with Gasteiger partial charge in [0.2, 0.25) is 0 Å². The normalized spacial score (nSPS) is 21.4. The largest absolute Gasteiger partial charge is 0.396 e. The number of hydrogen-bond acceptors (Lipinski definition) is 2. The van der Waals surface area contributed by atoms with Crippen LogP contribution in [-0.4, -0.2) is 22.7 Å². The minimum Gasteiger partial charge on any atom is -0.396 e. The van der Waals surface area contributed by atoms with Crippen LogP contribution in [-0.2, 0) is 13.1 Å². The van der Waals surface area contributed by atoms with E-state index >= 15 is 0 Å². The molecule has 2 nitrogen and oxygen atoms in total. The number of aliphatic hydroxyl groups is 1. The number of nitrogens with zero attached hydrogens (tertiary/aromatic N) is 1. The van der Waals surface area contributed by atoms with Gasteiger partial charge in [-0.25, -0.2) is 0 Å². The molecule has 1 fully saturated rings. The van der Waals surface area contributed by atoms with Crippen LogP contribution in [0.3, 0.4) is 0 Å². The van der Waals surface area contributed by atoms with Gasteiger partial charge < -0.3 is 5.11 Å². The van der Waals surface area contributed by atoms with E-state index in [9.17, 15) is 5.11 Å². The van der Waals surface area contributed by atoms with Gasteiger partial charge >= 0.3 is 0 Å². The summed E-state index contributed by atoms with van der Waals surface area (Å²) in [6.07, 6.45) is 3.47. The van der Waals surface area contributed by atoms with Crippen molar-refractivity contribution in [2.75, 3.05) is 6.61 Å². The van der Waals surface area contributed by atoms with Crippen molar-refractivity contribution < 1.29 is 5.11 Å². The summed E-state index contributed by atoms with van der Waals surface area (Å²) in [6.45, 7) is 2.30. The molecule has 3 rings (SSSR count). The second kappa shape index (κ2) is 7.57. The summed E-state index contributed by atoms with van der Waals surface area (Å²) in [5.41, 5.74) is 2.73. The molecule has 0 aliphatic heterocycles. The zero-order valence-electron chi connectivity index (χ0n) is 13.1. The Morgan fingerprint density at radius 2 is 1.36 bits per heavy atom. The van der Waals surface area contributed by atoms with Crippen molar-refractivity contribution in [2.45, 2.75) is 38.4 Å². The molecule has 0 spiro atoms. The van der Waals surface area contributed by atoms with Gasteiger partial charge in [0, 0.05) is 25.7 Å². The summed E-state index contributed by atoms with van der Waals surface area (Å²) < 4.78 is 0. The molecule has 116 valence electrons. The Bertz CT molecular complexity index is 513. The van der Waals surface area contributed by atoms with Gasteiger partial charge in [0.05, 0.1) is 0 Å². The average molecular weight is 295 g/mol. The Labute approximate surface area is 133 Å². The van der Waals surface area contributed by atoms with E-state index in [1.807, 2.05) is 0 Å². The van der Waals surface area contributed by atoms with E-state index in [0.717, 1.165) is 25.9 Å². The molecule has 0 aromatic heterocycles. The lowest BCUT2D eigenvalue weighted by atomic mass is 10.1. The van der Waals surface area contributed by atoms with Crippen molar-refractivity contribution in [3.8, 4) is 0 Å². The maximum absolute atomic E-state index is 9.43. The molecule has 1 N–H and O–H groups in total. The highest BCUT2D eigenvalue weighted by molar-refractivity contribution is 5.17. The Morgan fingerprint density at radius 3 is 1.82 bits per heavy atom. The van der Waals surface area contributed by atoms with Crippen LogP contribution in [0.15, 0.2) is 60.7 Å². The zero-order chi connectivity index (χ0) is 15.2. The lowest BCUT2D eigenvalue weighted by molar-refractivity contribution is 0.165. The Kier molecular flexibility index (Phi) is 5.25. The fraction of sp³-hybridized carbons (Fsp3) is 0.400. The van der Waals surface area contributed by atoms with Crippen LogP contribution in [0.1, 0.15) is 30.4 Å². The monoisotopic (exact) mass is 295 g/mol. The summed E-state index contributed by atoms with van der Waals surface area (Å²) in [5.74, 6) is 0.485. The molecule has 0 radical (unpaired) electrons. The van der Waals surface area contributed by atoms with Crippen molar-refractivity contribution in [1.29, 1.82) is 0 Å². The molecule has 0 saturated heterocycles. The molecule has 1 aliphatic rings. The van der Waals surface area contributed by atoms with Crippen molar-refractivity contribution in [1.82, 2.24) is 4.90 Å². The lowest BCUT2D eigenvalue weighted by Crippen LogP contribution is -2.32. The smallest absolute Gasteiger partial charge is 0.0459 e. The van der Waals surface area contributed by atoms with Crippen LogP contribution >= 0.6 is 0 Å². The number of benzene rings is 2. The molecule has 1 saturated carbocycles. The quantitative estimate of drug-likeness (QED) is 0.875. The zero-order valence-corrected chi connectivity index (χ0v) is 13.1. The predicted molar refractivity (Wildman–Crippen MR) is 90.3 cm³/mol. The molecule has 1 unspecified atom stereocenters. The van der Waals surface area contributed by atoms with Crippen molar-refractivity contribution in [3.63, 3.8) is 0 Å². The van der Waals surface area contributed by atoms with Crippen LogP contribution in [0, 0.1) is 5.92 Å². The molecular formula is C20H25NO. The highest BCUT2D eigenvalue weighted by atomic mass is 16.3. The van der Waals surface area contributed by atoms with E-state index in [2.05, 4.69) is 65.6 Å². The highest BCUT2D eigenvalue weighted by Gasteiger charge is 2.28. The van der Waals surface area contributed by atoms with Gasteiger partial charge in [-0.2, -0.15) is 0 Å². The predicted octanol–water partition coefficient (Wildman–Crippen LogP) is 3.85. The summed E-state index contributed by atoms with van der Waals surface area (Å²) in [7, 11) is 0. The molecular weight excluding hydrogens is 270 g/mol. The molecule has 1 aliphatic carbocycles. The average Bonchev–Trinajstić information content (AvgIpc) is 3.05. The summed E-state index contributed by atoms with van der Waals surface area (Å²) in [5, 5.41) is 9.43. The van der Waals surface area contributed by atoms with E-state index in [4.69, 9.17) is 0 Å². The lowest BCUT2D eigenvalue weighted by Gasteiger charge is -2.29. The third kappa shape index (κ3) is 3.96. The fourth-order valence-corrected chi connectivity index (χ4v) is 3.50. The third-order valence-corrected chi connectivity index (χ3v) is 4.75. The first kappa shape index (κ1) is 15.3. The van der Waals surface area contributed by atoms with E-state index in [1.165, 1.54) is 17.5 Å². The molecule has 0 heterocycles. The van der Waals surface area contributed by atoms with Crippen molar-refractivity contribution in [2.24, 2.45) is 5.92 Å². The van der Waals surface area contributed by atoms with Gasteiger partial charge in [0.1, 0.15) is 0 Å². The first-order valence-electron chi connectivity index (χ1n) is 8.28. The molecule has 2 aromatic carbocycles. The molecule has 0 bridgehead atoms. The van der Waals surface area contributed by atoms with E-state index in [0.29, 0.717) is 18.6 Å². The number of aliphatic hydroxyl groups excluding tert-OH is 1. The molecule has 22 heavy (non-hydrogen) atoms. The standard InChI is InChI=1S/C20H25NO/c22-16-19-11-12-20(13-19)21(14-17-7-3-1-4-8-17)15-18-9-5-2-6-10-18/h1-10,19-20,22H,11-16H2/t19?,20-/m0/s1. The molecule has 2 aromatic rings. The molecule has 0 amide bonds. The first-order chi connectivity index (χ1) is 10.8. The summed E-state index contributed by atoms with van der Waals surface area (Å²) >= 11 is 0. The SMILES string of the molecule is OCC1CC[C@H](N(Cc2ccccc2)Cc2ccccc2)C1. The van der Waals surface area contributed by atoms with Gasteiger partial charge in [-0.05, 0) is 36.3 Å². The van der Waals surface area contributed by atoms with Crippen LogP contribution in [0.25, 0.3) is 0 Å². The second-order valence-corrected chi connectivity index (χ2v) is 6.39. The van der Waals surface area contributed by atoms with Crippen LogP contribution in [0.5, 0.6) is 0 Å². The molecule has 2 heteroatoms. The van der Waals surface area contributed by atoms with Crippen LogP contribution < -0.4 is 0 Å². The van der Waals surface area contributed by atoms with Gasteiger partial charge in [-0.15, -0.1) is 0 Å². The Hall–Kier alpha value is -1.64. The maximum Gasteiger partial charge on any atom is 0.0459 e. The van der Waals surface area contributed by atoms with Crippen LogP contribution in [0.4, 0.5) is 0 Å². The van der Waals surface area contributed by atoms with Gasteiger partial charge in [0.25, 0.3) is 0 Å². The fourth-order valence-electron chi connectivity index (χ4n) is 3.50. The van der Waals surface area contributed by atoms with E-state index in [-0.39, 0.29) is 0 Å². The van der Waals surface area contributed by atoms with Gasteiger partial charge in [0.15, 0.2) is 0 Å².